The minimum atomic E-state index is -3.55. The zero-order valence-corrected chi connectivity index (χ0v) is 20.3. The lowest BCUT2D eigenvalue weighted by Gasteiger charge is -2.28. The van der Waals surface area contributed by atoms with Gasteiger partial charge in [-0.05, 0) is 73.2 Å². The normalized spacial score (nSPS) is 17.5. The number of fused-ring (bicyclic) bond motifs is 1. The Bertz CT molecular complexity index is 1180. The second-order valence-electron chi connectivity index (χ2n) is 9.20. The Kier molecular flexibility index (Phi) is 7.04. The first-order chi connectivity index (χ1) is 16.2. The van der Waals surface area contributed by atoms with Gasteiger partial charge in [0.2, 0.25) is 15.9 Å². The van der Waals surface area contributed by atoms with E-state index in [1.807, 2.05) is 13.8 Å². The van der Waals surface area contributed by atoms with Crippen molar-refractivity contribution in [3.63, 3.8) is 0 Å². The van der Waals surface area contributed by atoms with Crippen LogP contribution < -0.4 is 10.2 Å². The van der Waals surface area contributed by atoms with Crippen molar-refractivity contribution in [3.8, 4) is 0 Å². The van der Waals surface area contributed by atoms with Crippen LogP contribution in [0.3, 0.4) is 0 Å². The maximum atomic E-state index is 13.4. The minimum Gasteiger partial charge on any atom is -0.340 e. The third-order valence-electron chi connectivity index (χ3n) is 6.49. The summed E-state index contributed by atoms with van der Waals surface area (Å²) in [5, 5.41) is 2.78. The van der Waals surface area contributed by atoms with Gasteiger partial charge in [0.1, 0.15) is 11.9 Å². The minimum absolute atomic E-state index is 0.181. The SMILES string of the molecule is CC(C)C(NC(=O)c1ccc(F)cc1)C(=O)N1CCc2cc(S(=O)(=O)N3CCCCC3)ccc21. The number of amides is 2. The third kappa shape index (κ3) is 4.86. The largest absolute Gasteiger partial charge is 0.340 e. The number of carbonyl (C=O) groups excluding carboxylic acids is 2. The highest BCUT2D eigenvalue weighted by atomic mass is 32.2. The van der Waals surface area contributed by atoms with Crippen LogP contribution in [-0.2, 0) is 21.2 Å². The molecule has 2 amide bonds. The van der Waals surface area contributed by atoms with Gasteiger partial charge in [-0.1, -0.05) is 20.3 Å². The number of hydrogen-bond acceptors (Lipinski definition) is 4. The molecule has 1 fully saturated rings. The number of nitrogens with zero attached hydrogens (tertiary/aromatic N) is 2. The fourth-order valence-corrected chi connectivity index (χ4v) is 6.10. The number of benzene rings is 2. The Morgan fingerprint density at radius 1 is 0.971 bits per heavy atom. The fraction of sp³-hybridized carbons (Fsp3) is 0.440. The predicted molar refractivity (Wildman–Crippen MR) is 128 cm³/mol. The van der Waals surface area contributed by atoms with Gasteiger partial charge >= 0.3 is 0 Å². The van der Waals surface area contributed by atoms with E-state index >= 15 is 0 Å². The van der Waals surface area contributed by atoms with E-state index in [1.165, 1.54) is 28.6 Å². The van der Waals surface area contributed by atoms with Gasteiger partial charge in [0, 0.05) is 30.9 Å². The fourth-order valence-electron chi connectivity index (χ4n) is 4.53. The van der Waals surface area contributed by atoms with E-state index in [9.17, 15) is 22.4 Å². The Morgan fingerprint density at radius 2 is 1.65 bits per heavy atom. The molecular weight excluding hydrogens is 457 g/mol. The molecule has 4 rings (SSSR count). The molecule has 0 radical (unpaired) electrons. The zero-order chi connectivity index (χ0) is 24.5. The molecule has 182 valence electrons. The van der Waals surface area contributed by atoms with E-state index in [0.717, 1.165) is 24.8 Å². The van der Waals surface area contributed by atoms with Gasteiger partial charge in [-0.2, -0.15) is 4.31 Å². The predicted octanol–water partition coefficient (Wildman–Crippen LogP) is 3.34. The van der Waals surface area contributed by atoms with Crippen LogP contribution in [0.2, 0.25) is 0 Å². The molecule has 2 aliphatic rings. The van der Waals surface area contributed by atoms with Crippen LogP contribution in [-0.4, -0.2) is 50.2 Å². The van der Waals surface area contributed by atoms with Crippen LogP contribution in [0.4, 0.5) is 10.1 Å². The average Bonchev–Trinajstić information content (AvgIpc) is 3.26. The first-order valence-electron chi connectivity index (χ1n) is 11.7. The van der Waals surface area contributed by atoms with Crippen molar-refractivity contribution in [1.29, 1.82) is 0 Å². The number of hydrogen-bond donors (Lipinski definition) is 1. The highest BCUT2D eigenvalue weighted by molar-refractivity contribution is 7.89. The van der Waals surface area contributed by atoms with Crippen LogP contribution in [0.5, 0.6) is 0 Å². The molecule has 7 nitrogen and oxygen atoms in total. The van der Waals surface area contributed by atoms with Crippen LogP contribution in [0.15, 0.2) is 47.4 Å². The van der Waals surface area contributed by atoms with Gasteiger partial charge in [0.25, 0.3) is 5.91 Å². The van der Waals surface area contributed by atoms with Crippen molar-refractivity contribution < 1.29 is 22.4 Å². The van der Waals surface area contributed by atoms with Crippen molar-refractivity contribution in [3.05, 3.63) is 59.4 Å². The van der Waals surface area contributed by atoms with Crippen molar-refractivity contribution >= 4 is 27.5 Å². The maximum absolute atomic E-state index is 13.4. The highest BCUT2D eigenvalue weighted by Gasteiger charge is 2.34. The van der Waals surface area contributed by atoms with Gasteiger partial charge in [-0.15, -0.1) is 0 Å². The van der Waals surface area contributed by atoms with Gasteiger partial charge < -0.3 is 10.2 Å². The lowest BCUT2D eigenvalue weighted by Crippen LogP contribution is -2.51. The van der Waals surface area contributed by atoms with Gasteiger partial charge in [0.05, 0.1) is 4.90 Å². The quantitative estimate of drug-likeness (QED) is 0.677. The van der Waals surface area contributed by atoms with E-state index in [4.69, 9.17) is 0 Å². The van der Waals surface area contributed by atoms with E-state index in [-0.39, 0.29) is 22.3 Å². The van der Waals surface area contributed by atoms with Crippen LogP contribution in [0.1, 0.15) is 49.0 Å². The first kappa shape index (κ1) is 24.3. The molecule has 2 aromatic rings. The van der Waals surface area contributed by atoms with Crippen molar-refractivity contribution in [1.82, 2.24) is 9.62 Å². The summed E-state index contributed by atoms with van der Waals surface area (Å²) in [4.78, 5) is 28.0. The van der Waals surface area contributed by atoms with E-state index in [1.54, 1.807) is 23.1 Å². The molecule has 2 heterocycles. The Morgan fingerprint density at radius 3 is 2.29 bits per heavy atom. The molecule has 34 heavy (non-hydrogen) atoms. The summed E-state index contributed by atoms with van der Waals surface area (Å²) in [6.45, 7) is 5.18. The zero-order valence-electron chi connectivity index (χ0n) is 19.5. The van der Waals surface area contributed by atoms with Gasteiger partial charge in [-0.3, -0.25) is 9.59 Å². The Labute approximate surface area is 200 Å². The monoisotopic (exact) mass is 487 g/mol. The number of sulfonamides is 1. The van der Waals surface area contributed by atoms with Crippen LogP contribution in [0.25, 0.3) is 0 Å². The summed E-state index contributed by atoms with van der Waals surface area (Å²) >= 11 is 0. The summed E-state index contributed by atoms with van der Waals surface area (Å²) in [6.07, 6.45) is 3.32. The lowest BCUT2D eigenvalue weighted by atomic mass is 10.0. The number of carbonyl (C=O) groups is 2. The summed E-state index contributed by atoms with van der Waals surface area (Å²) in [7, 11) is -3.55. The topological polar surface area (TPSA) is 86.8 Å². The van der Waals surface area contributed by atoms with E-state index in [2.05, 4.69) is 5.32 Å². The number of anilines is 1. The molecule has 1 N–H and O–H groups in total. The van der Waals surface area contributed by atoms with E-state index < -0.39 is 27.8 Å². The molecule has 2 aliphatic heterocycles. The average molecular weight is 488 g/mol. The summed E-state index contributed by atoms with van der Waals surface area (Å²) in [5.41, 5.74) is 1.75. The first-order valence-corrected chi connectivity index (χ1v) is 13.1. The molecule has 0 aliphatic carbocycles. The summed E-state index contributed by atoms with van der Waals surface area (Å²) in [6, 6.07) is 9.31. The molecule has 0 aromatic heterocycles. The van der Waals surface area contributed by atoms with E-state index in [0.29, 0.717) is 31.7 Å². The second-order valence-corrected chi connectivity index (χ2v) is 11.1. The molecule has 1 atom stereocenters. The molecule has 0 bridgehead atoms. The summed E-state index contributed by atoms with van der Waals surface area (Å²) < 4.78 is 40.8. The molecule has 0 saturated carbocycles. The van der Waals surface area contributed by atoms with Gasteiger partial charge in [0.15, 0.2) is 0 Å². The molecule has 9 heteroatoms. The molecule has 1 unspecified atom stereocenters. The maximum Gasteiger partial charge on any atom is 0.251 e. The smallest absolute Gasteiger partial charge is 0.251 e. The van der Waals surface area contributed by atoms with Crippen molar-refractivity contribution in [2.24, 2.45) is 5.92 Å². The summed E-state index contributed by atoms with van der Waals surface area (Å²) in [5.74, 6) is -1.33. The Balaban J connectivity index is 1.53. The number of rotatable bonds is 6. The highest BCUT2D eigenvalue weighted by Crippen LogP contribution is 2.32. The van der Waals surface area contributed by atoms with Crippen LogP contribution in [0, 0.1) is 11.7 Å². The molecule has 1 saturated heterocycles. The standard InChI is InChI=1S/C25H30FN3O4S/c1-17(2)23(27-24(30)18-6-8-20(26)9-7-18)25(31)29-15-12-19-16-21(10-11-22(19)29)34(32,33)28-13-4-3-5-14-28/h6-11,16-17,23H,3-5,12-15H2,1-2H3,(H,27,30). The lowest BCUT2D eigenvalue weighted by molar-refractivity contribution is -0.121. The second kappa shape index (κ2) is 9.84. The van der Waals surface area contributed by atoms with Gasteiger partial charge in [-0.25, -0.2) is 12.8 Å². The molecular formula is C25H30FN3O4S. The molecule has 0 spiro atoms. The number of nitrogens with one attached hydrogen (secondary N) is 1. The van der Waals surface area contributed by atoms with Crippen molar-refractivity contribution in [2.75, 3.05) is 24.5 Å². The van der Waals surface area contributed by atoms with Crippen molar-refractivity contribution in [2.45, 2.75) is 50.5 Å². The Hall–Kier alpha value is -2.78. The van der Waals surface area contributed by atoms with Crippen LogP contribution >= 0.6 is 0 Å². The molecule has 2 aromatic carbocycles. The number of halogens is 1. The third-order valence-corrected chi connectivity index (χ3v) is 8.39. The number of piperidine rings is 1.